The van der Waals surface area contributed by atoms with E-state index in [4.69, 9.17) is 10.8 Å². The van der Waals surface area contributed by atoms with E-state index in [1.165, 1.54) is 0 Å². The Morgan fingerprint density at radius 1 is 1.38 bits per heavy atom. The predicted octanol–water partition coefficient (Wildman–Crippen LogP) is 0.561. The second-order valence-corrected chi connectivity index (χ2v) is 3.00. The van der Waals surface area contributed by atoms with Crippen molar-refractivity contribution in [2.45, 2.75) is 19.1 Å². The van der Waals surface area contributed by atoms with Crippen molar-refractivity contribution in [1.82, 2.24) is 0 Å². The van der Waals surface area contributed by atoms with Gasteiger partial charge in [0.05, 0.1) is 12.7 Å². The number of aliphatic hydroxyl groups is 2. The van der Waals surface area contributed by atoms with E-state index in [1.807, 2.05) is 18.2 Å². The quantitative estimate of drug-likeness (QED) is 0.636. The average Bonchev–Trinajstić information content (AvgIpc) is 2.18. The van der Waals surface area contributed by atoms with Crippen LogP contribution < -0.4 is 5.73 Å². The largest absolute Gasteiger partial charge is 0.392 e. The van der Waals surface area contributed by atoms with Crippen LogP contribution in [0.4, 0.5) is 0 Å². The molecule has 0 fully saturated rings. The minimum absolute atomic E-state index is 0.00316. The van der Waals surface area contributed by atoms with Gasteiger partial charge in [0.15, 0.2) is 0 Å². The third kappa shape index (κ3) is 2.81. The van der Waals surface area contributed by atoms with E-state index in [9.17, 15) is 5.11 Å². The summed E-state index contributed by atoms with van der Waals surface area (Å²) in [4.78, 5) is 0. The van der Waals surface area contributed by atoms with Gasteiger partial charge in [0.25, 0.3) is 0 Å². The number of benzene rings is 1. The maximum atomic E-state index is 9.58. The number of aliphatic hydroxyl groups excluding tert-OH is 2. The Hall–Kier alpha value is -0.900. The molecule has 1 aromatic rings. The molecule has 1 rings (SSSR count). The molecule has 3 heteroatoms. The van der Waals surface area contributed by atoms with Crippen LogP contribution in [-0.4, -0.2) is 16.8 Å². The van der Waals surface area contributed by atoms with Crippen LogP contribution in [0.2, 0.25) is 0 Å². The van der Waals surface area contributed by atoms with E-state index >= 15 is 0 Å². The highest BCUT2D eigenvalue weighted by Gasteiger charge is 2.05. The van der Waals surface area contributed by atoms with Crippen LogP contribution in [0, 0.1) is 0 Å². The van der Waals surface area contributed by atoms with Gasteiger partial charge in [0.2, 0.25) is 0 Å². The summed E-state index contributed by atoms with van der Waals surface area (Å²) in [5.41, 5.74) is 6.96. The van der Waals surface area contributed by atoms with Gasteiger partial charge in [-0.3, -0.25) is 0 Å². The van der Waals surface area contributed by atoms with Crippen LogP contribution in [0.3, 0.4) is 0 Å². The van der Waals surface area contributed by atoms with Crippen molar-refractivity contribution in [3.63, 3.8) is 0 Å². The summed E-state index contributed by atoms with van der Waals surface area (Å²) < 4.78 is 0. The Morgan fingerprint density at radius 3 is 2.77 bits per heavy atom. The molecule has 1 unspecified atom stereocenters. The van der Waals surface area contributed by atoms with Gasteiger partial charge in [0, 0.05) is 0 Å². The summed E-state index contributed by atoms with van der Waals surface area (Å²) in [5.74, 6) is 0. The van der Waals surface area contributed by atoms with Crippen LogP contribution >= 0.6 is 0 Å². The fourth-order valence-corrected chi connectivity index (χ4v) is 1.22. The van der Waals surface area contributed by atoms with Gasteiger partial charge in [-0.15, -0.1) is 0 Å². The maximum Gasteiger partial charge on any atom is 0.0802 e. The molecule has 0 radical (unpaired) electrons. The van der Waals surface area contributed by atoms with E-state index in [2.05, 4.69) is 0 Å². The number of hydrogen-bond acceptors (Lipinski definition) is 3. The van der Waals surface area contributed by atoms with E-state index in [1.54, 1.807) is 6.07 Å². The monoisotopic (exact) mass is 181 g/mol. The van der Waals surface area contributed by atoms with E-state index < -0.39 is 6.10 Å². The predicted molar refractivity (Wildman–Crippen MR) is 51.0 cm³/mol. The molecule has 0 heterocycles. The first kappa shape index (κ1) is 10.2. The molecule has 0 aliphatic heterocycles. The molecule has 0 saturated heterocycles. The lowest BCUT2D eigenvalue weighted by atomic mass is 10.0. The summed E-state index contributed by atoms with van der Waals surface area (Å²) in [6.45, 7) is 0.466. The zero-order chi connectivity index (χ0) is 9.68. The van der Waals surface area contributed by atoms with E-state index in [0.29, 0.717) is 13.0 Å². The molecule has 0 aliphatic rings. The van der Waals surface area contributed by atoms with Gasteiger partial charge in [0.1, 0.15) is 0 Å². The van der Waals surface area contributed by atoms with Crippen LogP contribution in [-0.2, 0) is 6.61 Å². The third-order valence-electron chi connectivity index (χ3n) is 1.96. The molecule has 0 spiro atoms. The van der Waals surface area contributed by atoms with Gasteiger partial charge in [-0.1, -0.05) is 24.3 Å². The smallest absolute Gasteiger partial charge is 0.0802 e. The molecule has 0 saturated carbocycles. The summed E-state index contributed by atoms with van der Waals surface area (Å²) in [7, 11) is 0. The normalized spacial score (nSPS) is 12.8. The van der Waals surface area contributed by atoms with Crippen molar-refractivity contribution in [2.24, 2.45) is 5.73 Å². The summed E-state index contributed by atoms with van der Waals surface area (Å²) in [5, 5.41) is 18.4. The Kier molecular flexibility index (Phi) is 3.89. The van der Waals surface area contributed by atoms with Gasteiger partial charge >= 0.3 is 0 Å². The van der Waals surface area contributed by atoms with Gasteiger partial charge < -0.3 is 15.9 Å². The minimum atomic E-state index is -0.517. The first-order valence-corrected chi connectivity index (χ1v) is 4.35. The van der Waals surface area contributed by atoms with Gasteiger partial charge in [-0.25, -0.2) is 0 Å². The van der Waals surface area contributed by atoms with Crippen molar-refractivity contribution < 1.29 is 10.2 Å². The van der Waals surface area contributed by atoms with Crippen molar-refractivity contribution >= 4 is 0 Å². The molecule has 72 valence electrons. The maximum absolute atomic E-state index is 9.58. The van der Waals surface area contributed by atoms with Crippen molar-refractivity contribution in [2.75, 3.05) is 6.54 Å². The SMILES string of the molecule is NCCC(O)c1cccc(CO)c1. The van der Waals surface area contributed by atoms with Gasteiger partial charge in [-0.05, 0) is 24.1 Å². The molecule has 1 aromatic carbocycles. The number of hydrogen-bond donors (Lipinski definition) is 3. The molecule has 13 heavy (non-hydrogen) atoms. The molecule has 4 N–H and O–H groups in total. The lowest BCUT2D eigenvalue weighted by Gasteiger charge is -2.10. The van der Waals surface area contributed by atoms with Crippen LogP contribution in [0.15, 0.2) is 24.3 Å². The first-order chi connectivity index (χ1) is 6.27. The van der Waals surface area contributed by atoms with E-state index in [0.717, 1.165) is 11.1 Å². The van der Waals surface area contributed by atoms with Crippen LogP contribution in [0.1, 0.15) is 23.7 Å². The van der Waals surface area contributed by atoms with Crippen molar-refractivity contribution in [3.8, 4) is 0 Å². The highest BCUT2D eigenvalue weighted by Crippen LogP contribution is 2.16. The zero-order valence-electron chi connectivity index (χ0n) is 7.48. The van der Waals surface area contributed by atoms with Crippen molar-refractivity contribution in [1.29, 1.82) is 0 Å². The lowest BCUT2D eigenvalue weighted by molar-refractivity contribution is 0.170. The molecule has 1 atom stereocenters. The molecular formula is C10H15NO2. The standard InChI is InChI=1S/C10H15NO2/c11-5-4-10(13)9-3-1-2-8(6-9)7-12/h1-3,6,10,12-13H,4-5,7,11H2. The highest BCUT2D eigenvalue weighted by atomic mass is 16.3. The molecule has 0 aromatic heterocycles. The van der Waals surface area contributed by atoms with Crippen LogP contribution in [0.5, 0.6) is 0 Å². The van der Waals surface area contributed by atoms with Gasteiger partial charge in [-0.2, -0.15) is 0 Å². The molecule has 0 aliphatic carbocycles. The number of rotatable bonds is 4. The minimum Gasteiger partial charge on any atom is -0.392 e. The molecular weight excluding hydrogens is 166 g/mol. The highest BCUT2D eigenvalue weighted by molar-refractivity contribution is 5.24. The number of nitrogens with two attached hydrogens (primary N) is 1. The molecule has 0 amide bonds. The zero-order valence-corrected chi connectivity index (χ0v) is 7.48. The second kappa shape index (κ2) is 4.97. The summed E-state index contributed by atoms with van der Waals surface area (Å²) in [6.07, 6.45) is 0.0333. The Morgan fingerprint density at radius 2 is 2.15 bits per heavy atom. The van der Waals surface area contributed by atoms with E-state index in [-0.39, 0.29) is 6.61 Å². The Bertz CT molecular complexity index is 263. The fraction of sp³-hybridized carbons (Fsp3) is 0.400. The Labute approximate surface area is 77.8 Å². The summed E-state index contributed by atoms with van der Waals surface area (Å²) in [6, 6.07) is 7.26. The van der Waals surface area contributed by atoms with Crippen LogP contribution in [0.25, 0.3) is 0 Å². The lowest BCUT2D eigenvalue weighted by Crippen LogP contribution is -2.06. The third-order valence-corrected chi connectivity index (χ3v) is 1.96. The average molecular weight is 181 g/mol. The molecule has 0 bridgehead atoms. The topological polar surface area (TPSA) is 66.5 Å². The Balaban J connectivity index is 2.75. The second-order valence-electron chi connectivity index (χ2n) is 3.00. The first-order valence-electron chi connectivity index (χ1n) is 4.35. The van der Waals surface area contributed by atoms with Crippen molar-refractivity contribution in [3.05, 3.63) is 35.4 Å². The summed E-state index contributed by atoms with van der Waals surface area (Å²) >= 11 is 0. The molecule has 3 nitrogen and oxygen atoms in total. The fourth-order valence-electron chi connectivity index (χ4n) is 1.22.